The highest BCUT2D eigenvalue weighted by atomic mass is 16.3. The Hall–Kier alpha value is -1.15. The SMILES string of the molecule is C=C(C)c1ccc[n+](C2(C)C[C@](C)(CO)C(C)(C)C2(C)C)c1. The van der Waals surface area contributed by atoms with Crippen LogP contribution >= 0.6 is 0 Å². The van der Waals surface area contributed by atoms with Gasteiger partial charge < -0.3 is 5.11 Å². The van der Waals surface area contributed by atoms with E-state index in [1.54, 1.807) is 0 Å². The Morgan fingerprint density at radius 2 is 1.77 bits per heavy atom. The topological polar surface area (TPSA) is 24.1 Å². The van der Waals surface area contributed by atoms with Crippen molar-refractivity contribution in [2.45, 2.75) is 60.4 Å². The first kappa shape index (κ1) is 17.2. The number of hydrogen-bond donors (Lipinski definition) is 1. The fourth-order valence-corrected chi connectivity index (χ4v) is 4.33. The third kappa shape index (κ3) is 2.00. The lowest BCUT2D eigenvalue weighted by Crippen LogP contribution is -2.61. The number of nitrogens with zero attached hydrogens (tertiary/aromatic N) is 1. The van der Waals surface area contributed by atoms with Crippen LogP contribution in [0.1, 0.15) is 60.5 Å². The second-order valence-corrected chi connectivity index (χ2v) is 8.70. The van der Waals surface area contributed by atoms with Gasteiger partial charge in [0.1, 0.15) is 0 Å². The van der Waals surface area contributed by atoms with Gasteiger partial charge in [-0.05, 0) is 24.0 Å². The van der Waals surface area contributed by atoms with Gasteiger partial charge in [0.25, 0.3) is 0 Å². The van der Waals surface area contributed by atoms with Crippen molar-refractivity contribution in [2.75, 3.05) is 6.61 Å². The molecule has 22 heavy (non-hydrogen) atoms. The van der Waals surface area contributed by atoms with Crippen LogP contribution in [0.5, 0.6) is 0 Å². The molecule has 1 aliphatic rings. The van der Waals surface area contributed by atoms with Crippen LogP contribution in [0.4, 0.5) is 0 Å². The lowest BCUT2D eigenvalue weighted by Gasteiger charge is -2.46. The third-order valence-corrected chi connectivity index (χ3v) is 7.36. The summed E-state index contributed by atoms with van der Waals surface area (Å²) >= 11 is 0. The molecule has 2 rings (SSSR count). The maximum absolute atomic E-state index is 10.1. The second kappa shape index (κ2) is 4.92. The summed E-state index contributed by atoms with van der Waals surface area (Å²) in [5.41, 5.74) is 2.16. The van der Waals surface area contributed by atoms with Crippen molar-refractivity contribution in [3.8, 4) is 0 Å². The molecule has 1 heterocycles. The van der Waals surface area contributed by atoms with E-state index < -0.39 is 0 Å². The number of hydrogen-bond acceptors (Lipinski definition) is 1. The first-order chi connectivity index (χ1) is 9.93. The van der Waals surface area contributed by atoms with Crippen molar-refractivity contribution in [2.24, 2.45) is 16.2 Å². The molecule has 0 spiro atoms. The van der Waals surface area contributed by atoms with Crippen LogP contribution in [0.2, 0.25) is 0 Å². The highest BCUT2D eigenvalue weighted by molar-refractivity contribution is 5.59. The summed E-state index contributed by atoms with van der Waals surface area (Å²) < 4.78 is 2.35. The van der Waals surface area contributed by atoms with E-state index in [0.29, 0.717) is 0 Å². The van der Waals surface area contributed by atoms with Crippen LogP contribution in [0.3, 0.4) is 0 Å². The molecule has 1 aliphatic carbocycles. The van der Waals surface area contributed by atoms with Gasteiger partial charge in [0.05, 0.1) is 0 Å². The van der Waals surface area contributed by atoms with Crippen LogP contribution < -0.4 is 4.57 Å². The molecule has 122 valence electrons. The van der Waals surface area contributed by atoms with Gasteiger partial charge in [-0.1, -0.05) is 41.2 Å². The Kier molecular flexibility index (Phi) is 3.85. The summed E-state index contributed by atoms with van der Waals surface area (Å²) in [5, 5.41) is 10.1. The van der Waals surface area contributed by atoms with Gasteiger partial charge in [-0.3, -0.25) is 0 Å². The van der Waals surface area contributed by atoms with Gasteiger partial charge in [0.15, 0.2) is 17.9 Å². The minimum atomic E-state index is -0.0997. The quantitative estimate of drug-likeness (QED) is 0.832. The van der Waals surface area contributed by atoms with Crippen molar-refractivity contribution in [3.63, 3.8) is 0 Å². The first-order valence-electron chi connectivity index (χ1n) is 8.21. The number of pyridine rings is 1. The lowest BCUT2D eigenvalue weighted by molar-refractivity contribution is -0.775. The van der Waals surface area contributed by atoms with E-state index in [1.807, 2.05) is 6.92 Å². The Bertz CT molecular complexity index is 601. The van der Waals surface area contributed by atoms with E-state index >= 15 is 0 Å². The zero-order valence-corrected chi connectivity index (χ0v) is 15.3. The molecule has 0 saturated heterocycles. The Morgan fingerprint density at radius 1 is 1.18 bits per heavy atom. The van der Waals surface area contributed by atoms with Crippen LogP contribution in [0.25, 0.3) is 5.57 Å². The maximum Gasteiger partial charge on any atom is 0.176 e. The Balaban J connectivity index is 2.64. The molecule has 0 bridgehead atoms. The summed E-state index contributed by atoms with van der Waals surface area (Å²) in [7, 11) is 0. The highest BCUT2D eigenvalue weighted by Crippen LogP contribution is 2.67. The second-order valence-electron chi connectivity index (χ2n) is 8.70. The van der Waals surface area contributed by atoms with Crippen molar-refractivity contribution in [1.29, 1.82) is 0 Å². The van der Waals surface area contributed by atoms with Crippen molar-refractivity contribution >= 4 is 5.57 Å². The predicted molar refractivity (Wildman–Crippen MR) is 92.4 cm³/mol. The summed E-state index contributed by atoms with van der Waals surface area (Å²) in [6.07, 6.45) is 5.33. The molecule has 1 saturated carbocycles. The Labute approximate surface area is 135 Å². The summed E-state index contributed by atoms with van der Waals surface area (Å²) in [4.78, 5) is 0. The molecule has 1 N–H and O–H groups in total. The minimum absolute atomic E-state index is 0.0235. The van der Waals surface area contributed by atoms with E-state index in [-0.39, 0.29) is 28.4 Å². The first-order valence-corrected chi connectivity index (χ1v) is 8.21. The van der Waals surface area contributed by atoms with Gasteiger partial charge in [0.2, 0.25) is 0 Å². The summed E-state index contributed by atoms with van der Waals surface area (Å²) in [6, 6.07) is 4.22. The number of aliphatic hydroxyl groups is 1. The predicted octanol–water partition coefficient (Wildman–Crippen LogP) is 4.18. The smallest absolute Gasteiger partial charge is 0.176 e. The molecule has 0 radical (unpaired) electrons. The van der Waals surface area contributed by atoms with E-state index in [0.717, 1.165) is 12.0 Å². The van der Waals surface area contributed by atoms with E-state index in [9.17, 15) is 5.11 Å². The normalized spacial score (nSPS) is 32.9. The van der Waals surface area contributed by atoms with Gasteiger partial charge in [-0.25, -0.2) is 0 Å². The highest BCUT2D eigenvalue weighted by Gasteiger charge is 2.70. The van der Waals surface area contributed by atoms with E-state index in [4.69, 9.17) is 0 Å². The monoisotopic (exact) mass is 302 g/mol. The van der Waals surface area contributed by atoms with Crippen LogP contribution in [0, 0.1) is 16.2 Å². The number of rotatable bonds is 3. The molecular weight excluding hydrogens is 270 g/mol. The molecule has 2 heteroatoms. The molecule has 0 aromatic carbocycles. The third-order valence-electron chi connectivity index (χ3n) is 7.36. The van der Waals surface area contributed by atoms with Gasteiger partial charge >= 0.3 is 0 Å². The molecule has 2 nitrogen and oxygen atoms in total. The fraction of sp³-hybridized carbons (Fsp3) is 0.650. The zero-order chi connectivity index (χ0) is 17.0. The maximum atomic E-state index is 10.1. The largest absolute Gasteiger partial charge is 0.396 e. The average Bonchev–Trinajstić information content (AvgIpc) is 2.56. The fourth-order valence-electron chi connectivity index (χ4n) is 4.33. The van der Waals surface area contributed by atoms with Crippen molar-refractivity contribution < 1.29 is 9.67 Å². The van der Waals surface area contributed by atoms with Crippen LogP contribution in [-0.4, -0.2) is 11.7 Å². The van der Waals surface area contributed by atoms with Crippen LogP contribution in [0.15, 0.2) is 31.1 Å². The molecule has 1 aromatic heterocycles. The zero-order valence-electron chi connectivity index (χ0n) is 15.3. The van der Waals surface area contributed by atoms with E-state index in [1.165, 1.54) is 5.56 Å². The molecule has 1 aromatic rings. The van der Waals surface area contributed by atoms with E-state index in [2.05, 4.69) is 77.2 Å². The van der Waals surface area contributed by atoms with Gasteiger partial charge in [-0.2, -0.15) is 4.57 Å². The number of aromatic nitrogens is 1. The van der Waals surface area contributed by atoms with Crippen molar-refractivity contribution in [3.05, 3.63) is 36.7 Å². The molecule has 1 unspecified atom stereocenters. The minimum Gasteiger partial charge on any atom is -0.396 e. The standard InChI is InChI=1S/C20H32NO/c1-15(2)16-10-9-11-21(12-16)20(8)13-19(7,14-22)17(3,4)18(20,5)6/h9-12,22H,1,13-14H2,2-8H3/q+1/t19-,20?/m1/s1. The molecular formula is C20H32NO+. The molecule has 0 amide bonds. The number of aliphatic hydroxyl groups excluding tert-OH is 1. The Morgan fingerprint density at radius 3 is 2.23 bits per heavy atom. The van der Waals surface area contributed by atoms with Gasteiger partial charge in [-0.15, -0.1) is 0 Å². The lowest BCUT2D eigenvalue weighted by atomic mass is 9.58. The molecule has 0 aliphatic heterocycles. The van der Waals surface area contributed by atoms with Crippen molar-refractivity contribution in [1.82, 2.24) is 0 Å². The molecule has 1 fully saturated rings. The number of allylic oxidation sites excluding steroid dienone is 1. The summed E-state index contributed by atoms with van der Waals surface area (Å²) in [6.45, 7) is 20.2. The van der Waals surface area contributed by atoms with Gasteiger partial charge in [0, 0.05) is 42.4 Å². The molecule has 2 atom stereocenters. The summed E-state index contributed by atoms with van der Waals surface area (Å²) in [5.74, 6) is 0. The average molecular weight is 302 g/mol. The van der Waals surface area contributed by atoms with Crippen LogP contribution in [-0.2, 0) is 5.54 Å².